The normalized spacial score (nSPS) is 13.4. The van der Waals surface area contributed by atoms with Crippen LogP contribution in [0.5, 0.6) is 0 Å². The number of aliphatic imine (C=N–C) groups is 2. The molecule has 1 aliphatic rings. The summed E-state index contributed by atoms with van der Waals surface area (Å²) in [6.45, 7) is 0. The minimum atomic E-state index is -0.399. The first-order chi connectivity index (χ1) is 23.7. The maximum absolute atomic E-state index is 13.8. The number of hydrogen-bond acceptors (Lipinski definition) is 6. The van der Waals surface area contributed by atoms with Crippen LogP contribution in [0.4, 0.5) is 0 Å². The molecule has 0 bridgehead atoms. The van der Waals surface area contributed by atoms with Crippen molar-refractivity contribution in [2.75, 3.05) is 0 Å². The monoisotopic (exact) mass is 637 g/mol. The molecule has 0 fully saturated rings. The van der Waals surface area contributed by atoms with Gasteiger partial charge in [-0.3, -0.25) is 4.79 Å². The molecule has 0 saturated heterocycles. The van der Waals surface area contributed by atoms with Gasteiger partial charge in [0, 0.05) is 33.2 Å². The van der Waals surface area contributed by atoms with Gasteiger partial charge in [0.1, 0.15) is 16.7 Å². The molecular weight excluding hydrogens is 611 g/mol. The Bertz CT molecular complexity index is 2540. The van der Waals surface area contributed by atoms with Crippen LogP contribution in [-0.4, -0.2) is 21.2 Å². The van der Waals surface area contributed by atoms with E-state index in [0.717, 1.165) is 65.9 Å². The van der Waals surface area contributed by atoms with Gasteiger partial charge in [-0.25, -0.2) is 15.0 Å². The molecule has 228 valence electrons. The molecule has 6 nitrogen and oxygen atoms in total. The third-order valence-corrected chi connectivity index (χ3v) is 9.75. The average molecular weight is 638 g/mol. The van der Waals surface area contributed by atoms with Crippen molar-refractivity contribution < 1.29 is 0 Å². The molecule has 0 saturated carbocycles. The molecular formula is C41H27N5OS. The number of rotatable bonds is 5. The number of thiazole rings is 1. The summed E-state index contributed by atoms with van der Waals surface area (Å²) in [5.41, 5.74) is 7.61. The zero-order chi connectivity index (χ0) is 32.0. The topological polar surface area (TPSA) is 71.6 Å². The molecule has 0 aliphatic carbocycles. The van der Waals surface area contributed by atoms with Crippen molar-refractivity contribution >= 4 is 55.0 Å². The first kappa shape index (κ1) is 28.1. The number of para-hydroxylation sites is 2. The number of hydrogen-bond donors (Lipinski definition) is 1. The SMILES string of the molecule is O=c1c2ccccc2n(-c2ccccc2)c2cc3nc(-c4ccc(C5N=C(c6ccccc6)NC(c6ccccc6)=N5)cc4)sc3cc12. The Kier molecular flexibility index (Phi) is 6.76. The summed E-state index contributed by atoms with van der Waals surface area (Å²) >= 11 is 1.59. The van der Waals surface area contributed by atoms with E-state index in [1.807, 2.05) is 84.9 Å². The smallest absolute Gasteiger partial charge is 0.197 e. The zero-order valence-corrected chi connectivity index (χ0v) is 26.4. The number of fused-ring (bicyclic) bond motifs is 3. The molecule has 0 amide bonds. The lowest BCUT2D eigenvalue weighted by molar-refractivity contribution is 0.756. The maximum Gasteiger partial charge on any atom is 0.197 e. The fourth-order valence-electron chi connectivity index (χ4n) is 6.33. The van der Waals surface area contributed by atoms with Crippen LogP contribution in [0.25, 0.3) is 48.3 Å². The second-order valence-corrected chi connectivity index (χ2v) is 12.7. The fraction of sp³-hybridized carbons (Fsp3) is 0.0244. The standard InChI is InChI=1S/C41H27N5OS/c47-37-31-18-10-11-19-34(31)46(30-16-8-3-9-17-30)35-25-33-36(24-32(35)37)48-41(42-33)29-22-20-28(21-23-29)40-44-38(26-12-4-1-5-13-26)43-39(45-40)27-14-6-2-7-15-27/h1-25,40H,(H,43,44,45). The minimum Gasteiger partial charge on any atom is -0.324 e. The van der Waals surface area contributed by atoms with Gasteiger partial charge < -0.3 is 9.88 Å². The van der Waals surface area contributed by atoms with Crippen molar-refractivity contribution in [3.05, 3.63) is 179 Å². The largest absolute Gasteiger partial charge is 0.324 e. The molecule has 3 heterocycles. The summed E-state index contributed by atoms with van der Waals surface area (Å²) in [5.74, 6) is 1.57. The fourth-order valence-corrected chi connectivity index (χ4v) is 7.32. The molecule has 6 aromatic carbocycles. The van der Waals surface area contributed by atoms with Gasteiger partial charge in [0.05, 0.1) is 21.3 Å². The van der Waals surface area contributed by atoms with E-state index in [4.69, 9.17) is 15.0 Å². The molecule has 0 unspecified atom stereocenters. The second kappa shape index (κ2) is 11.6. The highest BCUT2D eigenvalue weighted by Gasteiger charge is 2.21. The molecule has 0 spiro atoms. The number of pyridine rings is 1. The number of nitrogens with one attached hydrogen (secondary N) is 1. The van der Waals surface area contributed by atoms with Crippen molar-refractivity contribution in [2.45, 2.75) is 6.17 Å². The molecule has 1 N–H and O–H groups in total. The highest BCUT2D eigenvalue weighted by Crippen LogP contribution is 2.35. The lowest BCUT2D eigenvalue weighted by atomic mass is 10.1. The van der Waals surface area contributed by atoms with E-state index in [-0.39, 0.29) is 5.43 Å². The van der Waals surface area contributed by atoms with E-state index in [2.05, 4.69) is 76.6 Å². The molecule has 0 radical (unpaired) electrons. The highest BCUT2D eigenvalue weighted by molar-refractivity contribution is 7.21. The quantitative estimate of drug-likeness (QED) is 0.192. The summed E-state index contributed by atoms with van der Waals surface area (Å²) < 4.78 is 3.13. The van der Waals surface area contributed by atoms with Crippen LogP contribution in [0.15, 0.2) is 166 Å². The van der Waals surface area contributed by atoms with Gasteiger partial charge in [0.15, 0.2) is 11.6 Å². The van der Waals surface area contributed by atoms with E-state index in [1.165, 1.54) is 0 Å². The lowest BCUT2D eigenvalue weighted by Crippen LogP contribution is -2.35. The van der Waals surface area contributed by atoms with Crippen LogP contribution < -0.4 is 10.7 Å². The third kappa shape index (κ3) is 4.89. The van der Waals surface area contributed by atoms with Gasteiger partial charge in [-0.05, 0) is 42.0 Å². The first-order valence-electron chi connectivity index (χ1n) is 15.8. The number of amidine groups is 2. The Morgan fingerprint density at radius 1 is 0.583 bits per heavy atom. The molecule has 0 atom stereocenters. The van der Waals surface area contributed by atoms with Crippen molar-refractivity contribution in [3.63, 3.8) is 0 Å². The summed E-state index contributed by atoms with van der Waals surface area (Å²) in [7, 11) is 0. The second-order valence-electron chi connectivity index (χ2n) is 11.7. The van der Waals surface area contributed by atoms with E-state index in [0.29, 0.717) is 10.8 Å². The molecule has 1 aliphatic heterocycles. The number of aromatic nitrogens is 2. The third-order valence-electron chi connectivity index (χ3n) is 8.69. The van der Waals surface area contributed by atoms with Crippen molar-refractivity contribution in [1.82, 2.24) is 14.9 Å². The Morgan fingerprint density at radius 3 is 1.85 bits per heavy atom. The molecule has 2 aromatic heterocycles. The van der Waals surface area contributed by atoms with Crippen LogP contribution in [-0.2, 0) is 0 Å². The molecule has 48 heavy (non-hydrogen) atoms. The van der Waals surface area contributed by atoms with E-state index < -0.39 is 6.17 Å². The summed E-state index contributed by atoms with van der Waals surface area (Å²) in [5, 5.41) is 5.72. The van der Waals surface area contributed by atoms with Gasteiger partial charge in [-0.15, -0.1) is 11.3 Å². The van der Waals surface area contributed by atoms with Crippen LogP contribution in [0, 0.1) is 0 Å². The molecule has 7 heteroatoms. The Hall–Kier alpha value is -6.18. The lowest BCUT2D eigenvalue weighted by Gasteiger charge is -2.22. The van der Waals surface area contributed by atoms with E-state index in [9.17, 15) is 4.79 Å². The van der Waals surface area contributed by atoms with Crippen LogP contribution in [0.3, 0.4) is 0 Å². The number of nitrogens with zero attached hydrogens (tertiary/aromatic N) is 4. The summed E-state index contributed by atoms with van der Waals surface area (Å²) in [6, 6.07) is 50.6. The summed E-state index contributed by atoms with van der Waals surface area (Å²) in [4.78, 5) is 28.8. The van der Waals surface area contributed by atoms with Crippen LogP contribution in [0.2, 0.25) is 0 Å². The van der Waals surface area contributed by atoms with Gasteiger partial charge in [-0.2, -0.15) is 0 Å². The number of benzene rings is 6. The predicted molar refractivity (Wildman–Crippen MR) is 197 cm³/mol. The van der Waals surface area contributed by atoms with Gasteiger partial charge in [0.25, 0.3) is 0 Å². The van der Waals surface area contributed by atoms with Crippen LogP contribution in [0.1, 0.15) is 22.9 Å². The minimum absolute atomic E-state index is 0.0295. The molecule has 8 aromatic rings. The first-order valence-corrected chi connectivity index (χ1v) is 16.6. The van der Waals surface area contributed by atoms with Crippen molar-refractivity contribution in [1.29, 1.82) is 0 Å². The predicted octanol–water partition coefficient (Wildman–Crippen LogP) is 8.92. The average Bonchev–Trinajstić information content (AvgIpc) is 3.59. The van der Waals surface area contributed by atoms with Gasteiger partial charge in [-0.1, -0.05) is 115 Å². The van der Waals surface area contributed by atoms with Crippen LogP contribution >= 0.6 is 11.3 Å². The maximum atomic E-state index is 13.8. The van der Waals surface area contributed by atoms with Crippen molar-refractivity contribution in [2.24, 2.45) is 9.98 Å². The van der Waals surface area contributed by atoms with E-state index in [1.54, 1.807) is 11.3 Å². The Morgan fingerprint density at radius 2 is 1.19 bits per heavy atom. The summed E-state index contributed by atoms with van der Waals surface area (Å²) in [6.07, 6.45) is -0.399. The Balaban J connectivity index is 1.12. The van der Waals surface area contributed by atoms with Crippen molar-refractivity contribution in [3.8, 4) is 16.3 Å². The van der Waals surface area contributed by atoms with Gasteiger partial charge >= 0.3 is 0 Å². The Labute approximate surface area is 280 Å². The van der Waals surface area contributed by atoms with Gasteiger partial charge in [0.2, 0.25) is 0 Å². The highest BCUT2D eigenvalue weighted by atomic mass is 32.1. The molecule has 9 rings (SSSR count). The zero-order valence-electron chi connectivity index (χ0n) is 25.6. The van der Waals surface area contributed by atoms with E-state index >= 15 is 0 Å².